The lowest BCUT2D eigenvalue weighted by molar-refractivity contribution is -0.384. The molecule has 0 unspecified atom stereocenters. The molecule has 1 amide bonds. The third-order valence-corrected chi connectivity index (χ3v) is 4.34. The largest absolute Gasteiger partial charge is 0.435 e. The van der Waals surface area contributed by atoms with E-state index in [1.165, 1.54) is 12.1 Å². The molecule has 3 rings (SSSR count). The molecule has 0 spiro atoms. The van der Waals surface area contributed by atoms with Crippen LogP contribution in [0.3, 0.4) is 0 Å². The highest BCUT2D eigenvalue weighted by Crippen LogP contribution is 2.35. The number of halogens is 1. The van der Waals surface area contributed by atoms with Gasteiger partial charge in [-0.3, -0.25) is 14.9 Å². The zero-order chi connectivity index (χ0) is 21.0. The number of hydrogen-bond acceptors (Lipinski definition) is 6. The van der Waals surface area contributed by atoms with Crippen LogP contribution in [0.5, 0.6) is 0 Å². The summed E-state index contributed by atoms with van der Waals surface area (Å²) >= 11 is 6.04. The molecule has 0 bridgehead atoms. The molecule has 3 aromatic rings. The van der Waals surface area contributed by atoms with Gasteiger partial charge in [-0.15, -0.1) is 0 Å². The summed E-state index contributed by atoms with van der Waals surface area (Å²) in [5.74, 6) is -0.287. The van der Waals surface area contributed by atoms with E-state index in [4.69, 9.17) is 16.0 Å². The van der Waals surface area contributed by atoms with E-state index in [1.807, 2.05) is 19.0 Å². The van der Waals surface area contributed by atoms with E-state index in [9.17, 15) is 14.9 Å². The number of hydrogen-bond donors (Lipinski definition) is 1. The summed E-state index contributed by atoms with van der Waals surface area (Å²) in [5.41, 5.74) is 0.539. The van der Waals surface area contributed by atoms with Crippen molar-refractivity contribution < 1.29 is 14.1 Å². The highest BCUT2D eigenvalue weighted by Gasteiger charge is 2.27. The van der Waals surface area contributed by atoms with Crippen molar-refractivity contribution in [1.82, 2.24) is 15.2 Å². The van der Waals surface area contributed by atoms with Gasteiger partial charge in [0.05, 0.1) is 10.5 Å². The minimum atomic E-state index is -0.523. The third-order valence-electron chi connectivity index (χ3n) is 4.10. The molecule has 1 aromatic heterocycles. The van der Waals surface area contributed by atoms with Crippen molar-refractivity contribution >= 4 is 23.2 Å². The first-order valence-electron chi connectivity index (χ1n) is 8.80. The number of carbonyl (C=O) groups is 1. The summed E-state index contributed by atoms with van der Waals surface area (Å²) in [7, 11) is 3.77. The monoisotopic (exact) mass is 414 g/mol. The molecule has 0 radical (unpaired) electrons. The second kappa shape index (κ2) is 8.85. The molecule has 0 aliphatic heterocycles. The Hall–Kier alpha value is -3.23. The minimum Gasteiger partial charge on any atom is -0.435 e. The second-order valence-electron chi connectivity index (χ2n) is 6.54. The van der Waals surface area contributed by atoms with Crippen molar-refractivity contribution in [2.45, 2.75) is 0 Å². The first-order chi connectivity index (χ1) is 13.9. The van der Waals surface area contributed by atoms with Gasteiger partial charge in [0.25, 0.3) is 11.6 Å². The Labute approximate surface area is 172 Å². The van der Waals surface area contributed by atoms with Crippen LogP contribution in [0.1, 0.15) is 10.5 Å². The standard InChI is InChI=1S/C20H19ClN4O4/c1-24(2)11-10-22-19(26)17-18(15-8-3-4-9-16(15)25(27)28)29-20(23-17)13-6-5-7-14(21)12-13/h3-9,12H,10-11H2,1-2H3,(H,22,26). The van der Waals surface area contributed by atoms with Crippen LogP contribution < -0.4 is 5.32 Å². The molecule has 29 heavy (non-hydrogen) atoms. The van der Waals surface area contributed by atoms with E-state index in [-0.39, 0.29) is 28.6 Å². The number of oxazole rings is 1. The number of nitro groups is 1. The van der Waals surface area contributed by atoms with Crippen LogP contribution in [0.15, 0.2) is 52.9 Å². The van der Waals surface area contributed by atoms with Crippen LogP contribution in [-0.2, 0) is 0 Å². The maximum absolute atomic E-state index is 12.8. The molecule has 150 valence electrons. The average molecular weight is 415 g/mol. The number of para-hydroxylation sites is 1. The topological polar surface area (TPSA) is 102 Å². The number of benzene rings is 2. The molecule has 9 heteroatoms. The van der Waals surface area contributed by atoms with Crippen LogP contribution in [0.2, 0.25) is 5.02 Å². The van der Waals surface area contributed by atoms with Crippen molar-refractivity contribution in [3.63, 3.8) is 0 Å². The maximum Gasteiger partial charge on any atom is 0.280 e. The number of aromatic nitrogens is 1. The predicted octanol–water partition coefficient (Wildman–Crippen LogP) is 3.86. The number of nitrogens with zero attached hydrogens (tertiary/aromatic N) is 3. The van der Waals surface area contributed by atoms with Crippen molar-refractivity contribution in [3.05, 3.63) is 69.4 Å². The van der Waals surface area contributed by atoms with Gasteiger partial charge in [-0.1, -0.05) is 29.8 Å². The number of nitro benzene ring substituents is 1. The van der Waals surface area contributed by atoms with Gasteiger partial charge < -0.3 is 14.6 Å². The van der Waals surface area contributed by atoms with Crippen LogP contribution in [0.4, 0.5) is 5.69 Å². The predicted molar refractivity (Wildman–Crippen MR) is 110 cm³/mol. The summed E-state index contributed by atoms with van der Waals surface area (Å²) in [4.78, 5) is 29.9. The maximum atomic E-state index is 12.8. The molecule has 0 atom stereocenters. The second-order valence-corrected chi connectivity index (χ2v) is 6.98. The van der Waals surface area contributed by atoms with Gasteiger partial charge >= 0.3 is 0 Å². The van der Waals surface area contributed by atoms with Gasteiger partial charge in [-0.25, -0.2) is 4.98 Å². The number of nitrogens with one attached hydrogen (secondary N) is 1. The zero-order valence-electron chi connectivity index (χ0n) is 15.9. The van der Waals surface area contributed by atoms with Crippen LogP contribution in [-0.4, -0.2) is 47.9 Å². The third kappa shape index (κ3) is 4.79. The lowest BCUT2D eigenvalue weighted by Crippen LogP contribution is -2.31. The van der Waals surface area contributed by atoms with Gasteiger partial charge in [-0.05, 0) is 38.4 Å². The number of carbonyl (C=O) groups excluding carboxylic acids is 1. The van der Waals surface area contributed by atoms with Crippen molar-refractivity contribution in [3.8, 4) is 22.8 Å². The zero-order valence-corrected chi connectivity index (χ0v) is 16.6. The Morgan fingerprint density at radius 3 is 2.69 bits per heavy atom. The highest BCUT2D eigenvalue weighted by atomic mass is 35.5. The van der Waals surface area contributed by atoms with Gasteiger partial charge in [0.2, 0.25) is 5.89 Å². The van der Waals surface area contributed by atoms with E-state index in [0.29, 0.717) is 23.7 Å². The highest BCUT2D eigenvalue weighted by molar-refractivity contribution is 6.30. The number of likely N-dealkylation sites (N-methyl/N-ethyl adjacent to an activating group) is 1. The minimum absolute atomic E-state index is 0.0203. The Balaban J connectivity index is 2.08. The molecular weight excluding hydrogens is 396 g/mol. The molecule has 1 heterocycles. The molecule has 0 saturated heterocycles. The fourth-order valence-corrected chi connectivity index (χ4v) is 2.89. The molecule has 2 aromatic carbocycles. The summed E-state index contributed by atoms with van der Waals surface area (Å²) in [6, 6.07) is 12.9. The van der Waals surface area contributed by atoms with Crippen molar-refractivity contribution in [2.75, 3.05) is 27.2 Å². The van der Waals surface area contributed by atoms with Gasteiger partial charge in [0.15, 0.2) is 11.5 Å². The summed E-state index contributed by atoms with van der Waals surface area (Å²) in [5, 5.41) is 14.7. The fourth-order valence-electron chi connectivity index (χ4n) is 2.70. The number of rotatable bonds is 7. The van der Waals surface area contributed by atoms with Gasteiger partial charge in [0.1, 0.15) is 0 Å². The smallest absolute Gasteiger partial charge is 0.280 e. The Morgan fingerprint density at radius 2 is 2.00 bits per heavy atom. The molecule has 0 saturated carbocycles. The molecule has 0 aliphatic rings. The molecule has 0 aliphatic carbocycles. The molecule has 0 fully saturated rings. The summed E-state index contributed by atoms with van der Waals surface area (Å²) in [6.07, 6.45) is 0. The Bertz CT molecular complexity index is 1050. The normalized spacial score (nSPS) is 10.9. The molecule has 1 N–H and O–H groups in total. The lowest BCUT2D eigenvalue weighted by Gasteiger charge is -2.09. The SMILES string of the molecule is CN(C)CCNC(=O)c1nc(-c2cccc(Cl)c2)oc1-c1ccccc1[N+](=O)[O-]. The fraction of sp³-hybridized carbons (Fsp3) is 0.200. The van der Waals surface area contributed by atoms with Crippen LogP contribution in [0.25, 0.3) is 22.8 Å². The van der Waals surface area contributed by atoms with Crippen molar-refractivity contribution in [2.24, 2.45) is 0 Å². The first kappa shape index (κ1) is 20.5. The quantitative estimate of drug-likeness (QED) is 0.465. The van der Waals surface area contributed by atoms with Crippen LogP contribution >= 0.6 is 11.6 Å². The first-order valence-corrected chi connectivity index (χ1v) is 9.18. The van der Waals surface area contributed by atoms with E-state index in [1.54, 1.807) is 36.4 Å². The van der Waals surface area contributed by atoms with E-state index in [0.717, 1.165) is 0 Å². The van der Waals surface area contributed by atoms with Gasteiger partial charge in [-0.2, -0.15) is 0 Å². The average Bonchev–Trinajstić information content (AvgIpc) is 3.13. The molecule has 8 nitrogen and oxygen atoms in total. The lowest BCUT2D eigenvalue weighted by atomic mass is 10.1. The van der Waals surface area contributed by atoms with Crippen molar-refractivity contribution in [1.29, 1.82) is 0 Å². The van der Waals surface area contributed by atoms with Crippen LogP contribution in [0, 0.1) is 10.1 Å². The number of amides is 1. The summed E-state index contributed by atoms with van der Waals surface area (Å²) in [6.45, 7) is 1.02. The van der Waals surface area contributed by atoms with E-state index >= 15 is 0 Å². The Morgan fingerprint density at radius 1 is 1.24 bits per heavy atom. The Kier molecular flexibility index (Phi) is 6.26. The summed E-state index contributed by atoms with van der Waals surface area (Å²) < 4.78 is 5.84. The van der Waals surface area contributed by atoms with E-state index < -0.39 is 10.8 Å². The molecular formula is C20H19ClN4O4. The van der Waals surface area contributed by atoms with E-state index in [2.05, 4.69) is 10.3 Å². The van der Waals surface area contributed by atoms with Gasteiger partial charge in [0, 0.05) is 29.7 Å².